The number of benzene rings is 1. The molecule has 3 rings (SSSR count). The third-order valence-corrected chi connectivity index (χ3v) is 8.25. The van der Waals surface area contributed by atoms with Crippen LogP contribution in [-0.4, -0.2) is 87.2 Å². The SMILES string of the molecule is CC(C)(C)OC(=O)CC[C@H](NC(=O)N[C@@H](CCCCNC(=O)[C@H](Cc1ccc2ccccc2n1)NC(=O)c1ccc(CN)cn1)C(=O)OC(C)(C)C)C(=O)OC(C)(C)C. The van der Waals surface area contributed by atoms with Crippen LogP contribution in [0.25, 0.3) is 10.9 Å². The van der Waals surface area contributed by atoms with Crippen LogP contribution in [0, 0.1) is 0 Å². The zero-order valence-corrected chi connectivity index (χ0v) is 35.7. The number of rotatable bonds is 18. The summed E-state index contributed by atoms with van der Waals surface area (Å²) in [5.74, 6) is -3.00. The maximum absolute atomic E-state index is 13.6. The number of aromatic nitrogens is 2. The molecular weight excluding hydrogens is 759 g/mol. The predicted molar refractivity (Wildman–Crippen MR) is 222 cm³/mol. The first-order valence-electron chi connectivity index (χ1n) is 19.8. The molecule has 0 fully saturated rings. The summed E-state index contributed by atoms with van der Waals surface area (Å²) in [6, 6.07) is 10.3. The number of esters is 3. The van der Waals surface area contributed by atoms with Gasteiger partial charge in [0, 0.05) is 43.2 Å². The fourth-order valence-electron chi connectivity index (χ4n) is 5.62. The van der Waals surface area contributed by atoms with Gasteiger partial charge in [-0.25, -0.2) is 14.4 Å². The number of nitrogens with one attached hydrogen (secondary N) is 4. The molecule has 0 aliphatic rings. The highest BCUT2D eigenvalue weighted by molar-refractivity contribution is 5.96. The summed E-state index contributed by atoms with van der Waals surface area (Å²) in [6.45, 7) is 15.7. The summed E-state index contributed by atoms with van der Waals surface area (Å²) in [5.41, 5.74) is 5.41. The van der Waals surface area contributed by atoms with E-state index in [-0.39, 0.29) is 44.5 Å². The molecule has 3 atom stereocenters. The third kappa shape index (κ3) is 17.8. The van der Waals surface area contributed by atoms with E-state index in [0.29, 0.717) is 18.5 Å². The maximum Gasteiger partial charge on any atom is 0.329 e. The van der Waals surface area contributed by atoms with Crippen molar-refractivity contribution in [1.82, 2.24) is 31.2 Å². The molecule has 4 amide bonds. The Bertz CT molecular complexity index is 1920. The molecule has 0 saturated heterocycles. The molecule has 0 spiro atoms. The second kappa shape index (κ2) is 21.4. The number of fused-ring (bicyclic) bond motifs is 1. The van der Waals surface area contributed by atoms with Crippen molar-refractivity contribution in [2.75, 3.05) is 6.54 Å². The quantitative estimate of drug-likeness (QED) is 0.0676. The van der Waals surface area contributed by atoms with Crippen LogP contribution in [0.4, 0.5) is 4.79 Å². The first-order valence-corrected chi connectivity index (χ1v) is 19.8. The second-order valence-corrected chi connectivity index (χ2v) is 17.2. The summed E-state index contributed by atoms with van der Waals surface area (Å²) in [6.07, 6.45) is 2.20. The first kappa shape index (κ1) is 47.7. The monoisotopic (exact) mass is 819 g/mol. The smallest absolute Gasteiger partial charge is 0.329 e. The highest BCUT2D eigenvalue weighted by Gasteiger charge is 2.31. The number of pyridine rings is 2. The van der Waals surface area contributed by atoms with Crippen LogP contribution in [0.2, 0.25) is 0 Å². The summed E-state index contributed by atoms with van der Waals surface area (Å²) < 4.78 is 16.4. The number of amides is 4. The third-order valence-electron chi connectivity index (χ3n) is 8.25. The fourth-order valence-corrected chi connectivity index (χ4v) is 5.62. The van der Waals surface area contributed by atoms with E-state index in [1.165, 1.54) is 12.3 Å². The van der Waals surface area contributed by atoms with Crippen molar-refractivity contribution in [2.45, 2.75) is 142 Å². The van der Waals surface area contributed by atoms with Gasteiger partial charge in [-0.2, -0.15) is 0 Å². The Morgan fingerprint density at radius 1 is 0.695 bits per heavy atom. The number of nitrogens with zero attached hydrogens (tertiary/aromatic N) is 2. The van der Waals surface area contributed by atoms with Crippen molar-refractivity contribution in [3.8, 4) is 0 Å². The number of carbonyl (C=O) groups excluding carboxylic acids is 6. The molecule has 322 valence electrons. The lowest BCUT2D eigenvalue weighted by molar-refractivity contribution is -0.159. The van der Waals surface area contributed by atoms with Gasteiger partial charge in [0.25, 0.3) is 5.91 Å². The minimum atomic E-state index is -1.23. The number of nitrogens with two attached hydrogens (primary N) is 1. The Morgan fingerprint density at radius 3 is 1.88 bits per heavy atom. The van der Waals surface area contributed by atoms with Gasteiger partial charge in [-0.3, -0.25) is 24.4 Å². The highest BCUT2D eigenvalue weighted by Crippen LogP contribution is 2.16. The Kier molecular flexibility index (Phi) is 17.3. The van der Waals surface area contributed by atoms with Gasteiger partial charge in [-0.05, 0) is 112 Å². The number of hydrogen-bond acceptors (Lipinski definition) is 12. The lowest BCUT2D eigenvalue weighted by atomic mass is 10.1. The number of hydrogen-bond donors (Lipinski definition) is 5. The van der Waals surface area contributed by atoms with Crippen LogP contribution >= 0.6 is 0 Å². The first-order chi connectivity index (χ1) is 27.5. The molecule has 2 heterocycles. The van der Waals surface area contributed by atoms with E-state index in [1.54, 1.807) is 74.4 Å². The molecule has 0 aliphatic heterocycles. The molecule has 16 nitrogen and oxygen atoms in total. The highest BCUT2D eigenvalue weighted by atomic mass is 16.6. The van der Waals surface area contributed by atoms with E-state index in [4.69, 9.17) is 19.9 Å². The number of unbranched alkanes of at least 4 members (excludes halogenated alkanes) is 1. The minimum absolute atomic E-state index is 0.102. The van der Waals surface area contributed by atoms with Crippen molar-refractivity contribution in [3.63, 3.8) is 0 Å². The van der Waals surface area contributed by atoms with Gasteiger partial charge in [-0.1, -0.05) is 30.3 Å². The Labute approximate surface area is 346 Å². The largest absolute Gasteiger partial charge is 0.460 e. The van der Waals surface area contributed by atoms with Crippen LogP contribution in [-0.2, 0) is 46.4 Å². The van der Waals surface area contributed by atoms with Crippen LogP contribution < -0.4 is 27.0 Å². The topological polar surface area (TPSA) is 230 Å². The zero-order valence-electron chi connectivity index (χ0n) is 35.7. The molecule has 2 aromatic heterocycles. The van der Waals surface area contributed by atoms with E-state index in [2.05, 4.69) is 31.2 Å². The zero-order chi connectivity index (χ0) is 44.0. The van der Waals surface area contributed by atoms with Crippen molar-refractivity contribution >= 4 is 46.7 Å². The molecule has 16 heteroatoms. The van der Waals surface area contributed by atoms with E-state index in [9.17, 15) is 28.8 Å². The molecule has 0 unspecified atom stereocenters. The average molecular weight is 820 g/mol. The standard InChI is InChI=1S/C43H61N7O9/c1-41(2,3)57-35(51)22-21-33(39(55)59-43(7,8)9)50-40(56)49-32(38(54)58-42(4,5)6)16-12-13-23-45-36(52)34(48-37(53)31-20-17-27(25-44)26-46-31)24-29-19-18-28-14-10-11-15-30(28)47-29/h10-11,14-15,17-20,26,32-34H,12-13,16,21-25,44H2,1-9H3,(H,45,52)(H,48,53)(H2,49,50,56)/t32-,33-,34-/m0/s1. The van der Waals surface area contributed by atoms with Gasteiger partial charge in [0.05, 0.1) is 5.52 Å². The molecule has 0 aliphatic carbocycles. The molecule has 1 aromatic carbocycles. The van der Waals surface area contributed by atoms with Gasteiger partial charge in [0.1, 0.15) is 40.6 Å². The Hall–Kier alpha value is -5.64. The summed E-state index contributed by atoms with van der Waals surface area (Å²) in [5, 5.41) is 11.8. The molecule has 6 N–H and O–H groups in total. The Morgan fingerprint density at radius 2 is 1.31 bits per heavy atom. The lowest BCUT2D eigenvalue weighted by Crippen LogP contribution is -2.53. The summed E-state index contributed by atoms with van der Waals surface area (Å²) in [7, 11) is 0. The van der Waals surface area contributed by atoms with E-state index in [1.807, 2.05) is 30.3 Å². The van der Waals surface area contributed by atoms with Crippen LogP contribution in [0.1, 0.15) is 116 Å². The van der Waals surface area contributed by atoms with E-state index in [0.717, 1.165) is 16.5 Å². The van der Waals surface area contributed by atoms with Crippen LogP contribution in [0.3, 0.4) is 0 Å². The fraction of sp³-hybridized carbons (Fsp3) is 0.535. The van der Waals surface area contributed by atoms with Gasteiger partial charge in [-0.15, -0.1) is 0 Å². The van der Waals surface area contributed by atoms with E-state index >= 15 is 0 Å². The summed E-state index contributed by atoms with van der Waals surface area (Å²) >= 11 is 0. The normalized spacial score (nSPS) is 13.3. The van der Waals surface area contributed by atoms with Gasteiger partial charge in [0.15, 0.2) is 0 Å². The number of para-hydroxylation sites is 1. The molecule has 59 heavy (non-hydrogen) atoms. The molecule has 0 bridgehead atoms. The second-order valence-electron chi connectivity index (χ2n) is 17.2. The van der Waals surface area contributed by atoms with Crippen LogP contribution in [0.5, 0.6) is 0 Å². The Balaban J connectivity index is 1.68. The van der Waals surface area contributed by atoms with Crippen LogP contribution in [0.15, 0.2) is 54.7 Å². The predicted octanol–water partition coefficient (Wildman–Crippen LogP) is 4.56. The lowest BCUT2D eigenvalue weighted by Gasteiger charge is -2.27. The summed E-state index contributed by atoms with van der Waals surface area (Å²) in [4.78, 5) is 87.8. The minimum Gasteiger partial charge on any atom is -0.460 e. The van der Waals surface area contributed by atoms with Gasteiger partial charge in [0.2, 0.25) is 5.91 Å². The van der Waals surface area contributed by atoms with Crippen molar-refractivity contribution in [1.29, 1.82) is 0 Å². The molecule has 0 saturated carbocycles. The maximum atomic E-state index is 13.6. The number of ether oxygens (including phenoxy) is 3. The van der Waals surface area contributed by atoms with Gasteiger partial charge < -0.3 is 41.2 Å². The van der Waals surface area contributed by atoms with E-state index < -0.39 is 70.7 Å². The molecular formula is C43H61N7O9. The number of carbonyl (C=O) groups is 6. The van der Waals surface area contributed by atoms with Crippen molar-refractivity contribution in [3.05, 3.63) is 71.7 Å². The molecule has 0 radical (unpaired) electrons. The van der Waals surface area contributed by atoms with Crippen molar-refractivity contribution < 1.29 is 43.0 Å². The van der Waals surface area contributed by atoms with Crippen molar-refractivity contribution in [2.24, 2.45) is 5.73 Å². The van der Waals surface area contributed by atoms with Gasteiger partial charge >= 0.3 is 23.9 Å². The number of urea groups is 1. The average Bonchev–Trinajstić information content (AvgIpc) is 3.13. The molecule has 3 aromatic rings.